The van der Waals surface area contributed by atoms with Crippen LogP contribution in [0.3, 0.4) is 0 Å². The van der Waals surface area contributed by atoms with Gasteiger partial charge in [-0.2, -0.15) is 0 Å². The average molecular weight is 378 g/mol. The van der Waals surface area contributed by atoms with Gasteiger partial charge in [-0.25, -0.2) is 4.79 Å². The Hall–Kier alpha value is -2.34. The molecule has 0 spiro atoms. The fourth-order valence-corrected chi connectivity index (χ4v) is 2.05. The van der Waals surface area contributed by atoms with Gasteiger partial charge in [-0.3, -0.25) is 4.79 Å². The molecular formula is C17H16BrNO4. The molecule has 2 aromatic rings. The molecule has 23 heavy (non-hydrogen) atoms. The monoisotopic (exact) mass is 377 g/mol. The lowest BCUT2D eigenvalue weighted by Gasteiger charge is -2.08. The zero-order valence-corrected chi connectivity index (χ0v) is 14.1. The van der Waals surface area contributed by atoms with E-state index >= 15 is 0 Å². The van der Waals surface area contributed by atoms with Gasteiger partial charge in [0.05, 0.1) is 0 Å². The average Bonchev–Trinajstić information content (AvgIpc) is 2.52. The van der Waals surface area contributed by atoms with Crippen molar-refractivity contribution in [2.24, 2.45) is 0 Å². The zero-order valence-electron chi connectivity index (χ0n) is 12.5. The van der Waals surface area contributed by atoms with Crippen LogP contribution < -0.4 is 10.1 Å². The Labute approximate surface area is 142 Å². The van der Waals surface area contributed by atoms with Crippen molar-refractivity contribution in [3.05, 3.63) is 58.6 Å². The molecule has 0 atom stereocenters. The molecule has 0 heterocycles. The maximum Gasteiger partial charge on any atom is 0.344 e. The van der Waals surface area contributed by atoms with Crippen LogP contribution in [0.25, 0.3) is 0 Å². The maximum atomic E-state index is 11.7. The summed E-state index contributed by atoms with van der Waals surface area (Å²) >= 11 is 3.31. The van der Waals surface area contributed by atoms with Crippen molar-refractivity contribution in [2.75, 3.05) is 18.5 Å². The standard InChI is InChI=1S/C17H16BrNO4/c1-12-3-2-4-14(9-12)19-16(20)10-23-17(21)11-22-15-7-5-13(18)6-8-15/h2-9H,10-11H2,1H3,(H,19,20). The van der Waals surface area contributed by atoms with Crippen LogP contribution in [0.5, 0.6) is 5.75 Å². The molecule has 1 N–H and O–H groups in total. The molecule has 2 rings (SSSR count). The lowest BCUT2D eigenvalue weighted by molar-refractivity contribution is -0.149. The number of anilines is 1. The fraction of sp³-hybridized carbons (Fsp3) is 0.176. The molecule has 0 aromatic heterocycles. The highest BCUT2D eigenvalue weighted by Gasteiger charge is 2.09. The first-order valence-corrected chi connectivity index (χ1v) is 7.73. The molecule has 5 nitrogen and oxygen atoms in total. The second-order valence-corrected chi connectivity index (χ2v) is 5.74. The Bertz CT molecular complexity index is 685. The van der Waals surface area contributed by atoms with Gasteiger partial charge in [0.15, 0.2) is 13.2 Å². The molecule has 6 heteroatoms. The summed E-state index contributed by atoms with van der Waals surface area (Å²) < 4.78 is 11.0. The third-order valence-corrected chi connectivity index (χ3v) is 3.37. The summed E-state index contributed by atoms with van der Waals surface area (Å²) in [7, 11) is 0. The first-order chi connectivity index (χ1) is 11.0. The third kappa shape index (κ3) is 6.12. The number of esters is 1. The summed E-state index contributed by atoms with van der Waals surface area (Å²) in [4.78, 5) is 23.3. The predicted octanol–water partition coefficient (Wildman–Crippen LogP) is 3.32. The summed E-state index contributed by atoms with van der Waals surface area (Å²) in [6, 6.07) is 14.4. The molecular weight excluding hydrogens is 362 g/mol. The van der Waals surface area contributed by atoms with Gasteiger partial charge in [0.25, 0.3) is 5.91 Å². The highest BCUT2D eigenvalue weighted by molar-refractivity contribution is 9.10. The van der Waals surface area contributed by atoms with Gasteiger partial charge in [-0.1, -0.05) is 28.1 Å². The van der Waals surface area contributed by atoms with E-state index < -0.39 is 11.9 Å². The van der Waals surface area contributed by atoms with Crippen molar-refractivity contribution in [3.8, 4) is 5.75 Å². The van der Waals surface area contributed by atoms with E-state index in [2.05, 4.69) is 21.2 Å². The van der Waals surface area contributed by atoms with E-state index in [1.165, 1.54) is 0 Å². The summed E-state index contributed by atoms with van der Waals surface area (Å²) in [5.74, 6) is -0.450. The van der Waals surface area contributed by atoms with Gasteiger partial charge in [-0.15, -0.1) is 0 Å². The number of benzene rings is 2. The van der Waals surface area contributed by atoms with Crippen LogP contribution in [0, 0.1) is 6.92 Å². The molecule has 0 aliphatic carbocycles. The van der Waals surface area contributed by atoms with Crippen molar-refractivity contribution in [3.63, 3.8) is 0 Å². The Kier molecular flexibility index (Phi) is 6.17. The van der Waals surface area contributed by atoms with E-state index in [9.17, 15) is 9.59 Å². The van der Waals surface area contributed by atoms with Gasteiger partial charge >= 0.3 is 5.97 Å². The Balaban J connectivity index is 1.71. The number of aryl methyl sites for hydroxylation is 1. The molecule has 0 saturated carbocycles. The summed E-state index contributed by atoms with van der Waals surface area (Å²) in [6.45, 7) is 1.32. The number of carbonyl (C=O) groups excluding carboxylic acids is 2. The number of hydrogen-bond acceptors (Lipinski definition) is 4. The zero-order chi connectivity index (χ0) is 16.7. The van der Waals surface area contributed by atoms with Crippen LogP contribution in [0.4, 0.5) is 5.69 Å². The number of amides is 1. The van der Waals surface area contributed by atoms with Crippen molar-refractivity contribution >= 4 is 33.5 Å². The van der Waals surface area contributed by atoms with E-state index in [1.54, 1.807) is 30.3 Å². The molecule has 0 fully saturated rings. The number of nitrogens with one attached hydrogen (secondary N) is 1. The first-order valence-electron chi connectivity index (χ1n) is 6.93. The van der Waals surface area contributed by atoms with Crippen LogP contribution in [-0.2, 0) is 14.3 Å². The van der Waals surface area contributed by atoms with Gasteiger partial charge in [0.1, 0.15) is 5.75 Å². The second kappa shape index (κ2) is 8.33. The molecule has 0 radical (unpaired) electrons. The molecule has 1 amide bonds. The summed E-state index contributed by atoms with van der Waals surface area (Å²) in [5, 5.41) is 2.66. The molecule has 0 aliphatic rings. The van der Waals surface area contributed by atoms with E-state index in [1.807, 2.05) is 25.1 Å². The van der Waals surface area contributed by atoms with Gasteiger partial charge < -0.3 is 14.8 Å². The quantitative estimate of drug-likeness (QED) is 0.784. The minimum Gasteiger partial charge on any atom is -0.482 e. The number of rotatable bonds is 6. The van der Waals surface area contributed by atoms with Crippen molar-refractivity contribution in [1.82, 2.24) is 0 Å². The van der Waals surface area contributed by atoms with Crippen LogP contribution in [0.1, 0.15) is 5.56 Å². The molecule has 0 aliphatic heterocycles. The molecule has 120 valence electrons. The maximum absolute atomic E-state index is 11.7. The third-order valence-electron chi connectivity index (χ3n) is 2.84. The fourth-order valence-electron chi connectivity index (χ4n) is 1.78. The van der Waals surface area contributed by atoms with E-state index in [0.717, 1.165) is 10.0 Å². The van der Waals surface area contributed by atoms with Crippen LogP contribution in [-0.4, -0.2) is 25.1 Å². The Morgan fingerprint density at radius 1 is 1.09 bits per heavy atom. The number of ether oxygens (including phenoxy) is 2. The smallest absolute Gasteiger partial charge is 0.344 e. The highest BCUT2D eigenvalue weighted by Crippen LogP contribution is 2.16. The van der Waals surface area contributed by atoms with Crippen molar-refractivity contribution in [1.29, 1.82) is 0 Å². The van der Waals surface area contributed by atoms with Crippen molar-refractivity contribution < 1.29 is 19.1 Å². The van der Waals surface area contributed by atoms with E-state index in [4.69, 9.17) is 9.47 Å². The van der Waals surface area contributed by atoms with Gasteiger partial charge in [0.2, 0.25) is 0 Å². The largest absolute Gasteiger partial charge is 0.482 e. The molecule has 0 unspecified atom stereocenters. The number of halogens is 1. The van der Waals surface area contributed by atoms with Crippen LogP contribution in [0.15, 0.2) is 53.0 Å². The minimum absolute atomic E-state index is 0.251. The number of hydrogen-bond donors (Lipinski definition) is 1. The van der Waals surface area contributed by atoms with Crippen molar-refractivity contribution in [2.45, 2.75) is 6.92 Å². The SMILES string of the molecule is Cc1cccc(NC(=O)COC(=O)COc2ccc(Br)cc2)c1. The molecule has 0 bridgehead atoms. The van der Waals surface area contributed by atoms with E-state index in [0.29, 0.717) is 11.4 Å². The summed E-state index contributed by atoms with van der Waals surface area (Å²) in [6.07, 6.45) is 0. The van der Waals surface area contributed by atoms with Crippen LogP contribution >= 0.6 is 15.9 Å². The topological polar surface area (TPSA) is 64.6 Å². The minimum atomic E-state index is -0.604. The van der Waals surface area contributed by atoms with E-state index in [-0.39, 0.29) is 13.2 Å². The lowest BCUT2D eigenvalue weighted by Crippen LogP contribution is -2.23. The van der Waals surface area contributed by atoms with Crippen LogP contribution in [0.2, 0.25) is 0 Å². The molecule has 2 aromatic carbocycles. The Morgan fingerprint density at radius 2 is 1.83 bits per heavy atom. The highest BCUT2D eigenvalue weighted by atomic mass is 79.9. The number of carbonyl (C=O) groups is 2. The predicted molar refractivity (Wildman–Crippen MR) is 90.4 cm³/mol. The second-order valence-electron chi connectivity index (χ2n) is 4.82. The van der Waals surface area contributed by atoms with Gasteiger partial charge in [0, 0.05) is 10.2 Å². The normalized spacial score (nSPS) is 10.0. The summed E-state index contributed by atoms with van der Waals surface area (Å²) in [5.41, 5.74) is 1.69. The molecule has 0 saturated heterocycles. The van der Waals surface area contributed by atoms with Gasteiger partial charge in [-0.05, 0) is 48.9 Å². The Morgan fingerprint density at radius 3 is 2.52 bits per heavy atom. The first kappa shape index (κ1) is 17.0. The lowest BCUT2D eigenvalue weighted by atomic mass is 10.2.